The third kappa shape index (κ3) is 14.9. The molecule has 0 aliphatic carbocycles. The van der Waals surface area contributed by atoms with Crippen LogP contribution in [0.3, 0.4) is 0 Å². The van der Waals surface area contributed by atoms with Crippen LogP contribution in [0.2, 0.25) is 0 Å². The second kappa shape index (κ2) is 22.7. The first kappa shape index (κ1) is 43.1. The van der Waals surface area contributed by atoms with E-state index >= 15 is 0 Å². The summed E-state index contributed by atoms with van der Waals surface area (Å²) in [7, 11) is -1.82. The number of carbonyl (C=O) groups is 4. The quantitative estimate of drug-likeness (QED) is 0.0450. The summed E-state index contributed by atoms with van der Waals surface area (Å²) in [6.45, 7) is 7.13. The number of aliphatic hydroxyl groups is 1. The van der Waals surface area contributed by atoms with Crippen molar-refractivity contribution >= 4 is 30.7 Å². The first-order valence-electron chi connectivity index (χ1n) is 17.6. The Kier molecular flexibility index (Phi) is 19.1. The van der Waals surface area contributed by atoms with Crippen LogP contribution < -0.4 is 38.1 Å². The number of nitrogens with two attached hydrogens (primary N) is 2. The van der Waals surface area contributed by atoms with Gasteiger partial charge in [0, 0.05) is 6.54 Å². The van der Waals surface area contributed by atoms with Crippen LogP contribution in [0.25, 0.3) is 11.1 Å². The van der Waals surface area contributed by atoms with Crippen LogP contribution in [0.15, 0.2) is 60.3 Å². The van der Waals surface area contributed by atoms with Gasteiger partial charge in [-0.3, -0.25) is 19.2 Å². The van der Waals surface area contributed by atoms with Gasteiger partial charge in [0.15, 0.2) is 0 Å². The summed E-state index contributed by atoms with van der Waals surface area (Å²) in [6, 6.07) is 13.2. The average Bonchev–Trinajstić information content (AvgIpc) is 3.10. The van der Waals surface area contributed by atoms with Gasteiger partial charge in [0.1, 0.15) is 17.8 Å². The van der Waals surface area contributed by atoms with E-state index in [1.165, 1.54) is 32.4 Å². The summed E-state index contributed by atoms with van der Waals surface area (Å²) in [5.74, 6) is -3.93. The number of amides is 4. The number of aliphatic hydroxyl groups excluding tert-OH is 1. The van der Waals surface area contributed by atoms with Crippen molar-refractivity contribution in [1.29, 1.82) is 0 Å². The maximum absolute atomic E-state index is 13.3. The molecule has 0 spiro atoms. The number of unbranched alkanes of at least 4 members (excludes halogenated alkanes) is 2. The molecule has 0 fully saturated rings. The Morgan fingerprint density at radius 1 is 0.804 bits per heavy atom. The maximum Gasteiger partial charge on any atom is 0.475 e. The Morgan fingerprint density at radius 2 is 1.41 bits per heavy atom. The van der Waals surface area contributed by atoms with Gasteiger partial charge in [0.2, 0.25) is 17.7 Å². The number of hydrogen-bond donors (Lipinski definition) is 10. The Hall–Kier alpha value is -4.12. The van der Waals surface area contributed by atoms with Crippen molar-refractivity contribution in [1.82, 2.24) is 26.6 Å². The monoisotopic (exact) mass is 709 g/mol. The van der Waals surface area contributed by atoms with E-state index in [0.29, 0.717) is 25.9 Å². The number of rotatable bonds is 22. The smallest absolute Gasteiger partial charge is 0.426 e. The highest BCUT2D eigenvalue weighted by atomic mass is 16.4. The first-order chi connectivity index (χ1) is 24.3. The lowest BCUT2D eigenvalue weighted by Gasteiger charge is -2.26. The minimum Gasteiger partial charge on any atom is -0.426 e. The van der Waals surface area contributed by atoms with Gasteiger partial charge in [-0.15, -0.1) is 0 Å². The van der Waals surface area contributed by atoms with E-state index in [9.17, 15) is 34.3 Å². The molecule has 0 aliphatic heterocycles. The highest BCUT2D eigenvalue weighted by Gasteiger charge is 2.31. The normalized spacial score (nSPS) is 14.4. The van der Waals surface area contributed by atoms with Gasteiger partial charge in [-0.05, 0) is 88.2 Å². The fraction of sp³-hybridized carbons (Fsp3) is 0.500. The Labute approximate surface area is 301 Å². The summed E-state index contributed by atoms with van der Waals surface area (Å²) in [4.78, 5) is 52.2. The van der Waals surface area contributed by atoms with Crippen molar-refractivity contribution in [3.8, 4) is 11.1 Å². The van der Waals surface area contributed by atoms with E-state index in [1.54, 1.807) is 0 Å². The third-order valence-electron chi connectivity index (χ3n) is 8.26. The fourth-order valence-corrected chi connectivity index (χ4v) is 4.99. The molecule has 0 bridgehead atoms. The molecule has 51 heavy (non-hydrogen) atoms. The van der Waals surface area contributed by atoms with E-state index in [0.717, 1.165) is 36.0 Å². The van der Waals surface area contributed by atoms with Crippen LogP contribution in [-0.4, -0.2) is 89.2 Å². The molecule has 14 nitrogen and oxygen atoms in total. The Balaban J connectivity index is 2.03. The van der Waals surface area contributed by atoms with Crippen molar-refractivity contribution in [3.05, 3.63) is 71.4 Å². The fourth-order valence-electron chi connectivity index (χ4n) is 4.99. The molecule has 0 saturated carbocycles. The van der Waals surface area contributed by atoms with Gasteiger partial charge < -0.3 is 53.2 Å². The van der Waals surface area contributed by atoms with E-state index in [1.807, 2.05) is 24.3 Å². The number of nitrogens with one attached hydrogen (secondary N) is 5. The van der Waals surface area contributed by atoms with Crippen LogP contribution >= 0.6 is 0 Å². The van der Waals surface area contributed by atoms with Crippen molar-refractivity contribution in [2.45, 2.75) is 103 Å². The summed E-state index contributed by atoms with van der Waals surface area (Å²) in [5, 5.41) is 42.1. The van der Waals surface area contributed by atoms with Crippen LogP contribution in [0, 0.1) is 0 Å². The second-order valence-corrected chi connectivity index (χ2v) is 12.7. The van der Waals surface area contributed by atoms with Gasteiger partial charge in [0.25, 0.3) is 5.91 Å². The predicted octanol–water partition coefficient (Wildman–Crippen LogP) is 0.129. The topological polar surface area (TPSA) is 241 Å². The molecule has 4 amide bonds. The lowest BCUT2D eigenvalue weighted by molar-refractivity contribution is -0.134. The minimum atomic E-state index is -1.82. The van der Waals surface area contributed by atoms with E-state index in [4.69, 9.17) is 11.5 Å². The van der Waals surface area contributed by atoms with E-state index < -0.39 is 60.9 Å². The van der Waals surface area contributed by atoms with Crippen molar-refractivity contribution in [2.24, 2.45) is 11.5 Å². The van der Waals surface area contributed by atoms with E-state index in [-0.39, 0.29) is 18.7 Å². The summed E-state index contributed by atoms with van der Waals surface area (Å²) >= 11 is 0. The number of carbonyl (C=O) groups excluding carboxylic acids is 4. The highest BCUT2D eigenvalue weighted by Crippen LogP contribution is 2.21. The molecule has 5 atom stereocenters. The molecule has 0 saturated heterocycles. The molecule has 0 radical (unpaired) electrons. The number of aryl methyl sites for hydroxylation is 1. The molecular weight excluding hydrogens is 653 g/mol. The standard InChI is InChI=1S/C36H56BN7O7/c1-5-6-9-26-11-15-28(16-12-26)29-17-13-27(14-18-29)22-40-30(19-21-39)34(47)44-32(24(3)45)36(49)41-23(2)33(46)43-31(10-7-8-20-38)35(48)42-25(4)37(50)51/h10-18,23-25,30,32,40,45,50-51H,5-9,19-22,38-39H2,1-4H3,(H,41,49)(H,42,48)(H,43,46)(H,44,47)/b31-10+/t23-,24+,25-,30-,32-/m0/s1. The molecule has 2 aromatic carbocycles. The molecule has 2 aromatic rings. The van der Waals surface area contributed by atoms with Crippen molar-refractivity contribution < 1.29 is 34.3 Å². The Bertz CT molecular complexity index is 1420. The molecule has 12 N–H and O–H groups in total. The first-order valence-corrected chi connectivity index (χ1v) is 17.6. The zero-order valence-corrected chi connectivity index (χ0v) is 30.2. The third-order valence-corrected chi connectivity index (χ3v) is 8.26. The van der Waals surface area contributed by atoms with Gasteiger partial charge in [-0.25, -0.2) is 0 Å². The summed E-state index contributed by atoms with van der Waals surface area (Å²) < 4.78 is 0. The minimum absolute atomic E-state index is 0.163. The molecule has 0 unspecified atom stereocenters. The predicted molar refractivity (Wildman–Crippen MR) is 198 cm³/mol. The maximum atomic E-state index is 13.3. The molecule has 0 aromatic heterocycles. The van der Waals surface area contributed by atoms with Crippen LogP contribution in [0.1, 0.15) is 70.9 Å². The molecule has 2 rings (SSSR count). The number of benzene rings is 2. The van der Waals surface area contributed by atoms with E-state index in [2.05, 4.69) is 57.8 Å². The zero-order chi connectivity index (χ0) is 37.9. The number of allylic oxidation sites excluding steroid dienone is 1. The molecule has 15 heteroatoms. The molecule has 280 valence electrons. The average molecular weight is 710 g/mol. The highest BCUT2D eigenvalue weighted by molar-refractivity contribution is 6.43. The van der Waals surface area contributed by atoms with Crippen LogP contribution in [0.5, 0.6) is 0 Å². The molecular formula is C36H56BN7O7. The zero-order valence-electron chi connectivity index (χ0n) is 30.2. The second-order valence-electron chi connectivity index (χ2n) is 12.7. The van der Waals surface area contributed by atoms with Gasteiger partial charge >= 0.3 is 7.12 Å². The largest absolute Gasteiger partial charge is 0.475 e. The summed E-state index contributed by atoms with van der Waals surface area (Å²) in [6.07, 6.45) is 4.63. The number of hydrogen-bond acceptors (Lipinski definition) is 10. The van der Waals surface area contributed by atoms with Crippen LogP contribution in [0.4, 0.5) is 0 Å². The van der Waals surface area contributed by atoms with Crippen LogP contribution in [-0.2, 0) is 32.1 Å². The molecule has 0 heterocycles. The van der Waals surface area contributed by atoms with Gasteiger partial charge in [0.05, 0.1) is 18.1 Å². The van der Waals surface area contributed by atoms with Gasteiger partial charge in [-0.2, -0.15) is 0 Å². The van der Waals surface area contributed by atoms with Crippen molar-refractivity contribution in [3.63, 3.8) is 0 Å². The SMILES string of the molecule is CCCCc1ccc(-c2ccc(CN[C@@H](CCN)C(=O)N[C@H](C(=O)N[C@@H](C)C(=O)N/C(=C/CCCN)C(=O)N[C@@H](C)B(O)O)[C@@H](C)O)cc2)cc1. The molecule has 0 aliphatic rings. The lowest BCUT2D eigenvalue weighted by atomic mass is 9.81. The Morgan fingerprint density at radius 3 is 1.94 bits per heavy atom. The van der Waals surface area contributed by atoms with Gasteiger partial charge in [-0.1, -0.05) is 68.0 Å². The lowest BCUT2D eigenvalue weighted by Crippen LogP contribution is -2.59. The van der Waals surface area contributed by atoms with Crippen molar-refractivity contribution in [2.75, 3.05) is 13.1 Å². The summed E-state index contributed by atoms with van der Waals surface area (Å²) in [5.41, 5.74) is 15.6.